The van der Waals surface area contributed by atoms with Crippen LogP contribution < -0.4 is 0 Å². The van der Waals surface area contributed by atoms with Gasteiger partial charge in [-0.05, 0) is 22.1 Å². The van der Waals surface area contributed by atoms with Crippen molar-refractivity contribution in [2.75, 3.05) is 0 Å². The Kier molecular flexibility index (Phi) is 5.36. The van der Waals surface area contributed by atoms with Crippen LogP contribution in [0.5, 0.6) is 0 Å². The molecular formula is C22H18O2S. The average molecular weight is 346 g/mol. The van der Waals surface area contributed by atoms with E-state index in [-0.39, 0.29) is 0 Å². The monoisotopic (exact) mass is 346 g/mol. The molecule has 0 aliphatic rings. The zero-order chi connectivity index (χ0) is 17.5. The van der Waals surface area contributed by atoms with Crippen LogP contribution in [0.25, 0.3) is 0 Å². The molecule has 0 saturated heterocycles. The van der Waals surface area contributed by atoms with Gasteiger partial charge in [0.15, 0.2) is 0 Å². The van der Waals surface area contributed by atoms with Crippen LogP contribution in [-0.4, -0.2) is 11.1 Å². The van der Waals surface area contributed by atoms with Gasteiger partial charge in [-0.25, -0.2) is 4.79 Å². The van der Waals surface area contributed by atoms with Gasteiger partial charge < -0.3 is 5.11 Å². The molecule has 3 rings (SSSR count). The lowest BCUT2D eigenvalue weighted by Gasteiger charge is -2.34. The van der Waals surface area contributed by atoms with Crippen LogP contribution in [0, 0.1) is 0 Å². The SMILES string of the molecule is O=C(O)C=CSC(c1ccccc1)(c1ccccc1)c1ccccc1. The number of carboxylic acids is 1. The predicted octanol–water partition coefficient (Wildman–Crippen LogP) is 5.31. The third-order valence-electron chi connectivity index (χ3n) is 4.00. The van der Waals surface area contributed by atoms with Gasteiger partial charge in [0.25, 0.3) is 0 Å². The molecule has 0 bridgehead atoms. The van der Waals surface area contributed by atoms with Crippen LogP contribution in [0.3, 0.4) is 0 Å². The molecule has 25 heavy (non-hydrogen) atoms. The van der Waals surface area contributed by atoms with E-state index in [9.17, 15) is 4.79 Å². The van der Waals surface area contributed by atoms with Crippen LogP contribution in [-0.2, 0) is 9.54 Å². The number of carboxylic acid groups (broad SMARTS) is 1. The van der Waals surface area contributed by atoms with Crippen molar-refractivity contribution in [2.45, 2.75) is 4.75 Å². The summed E-state index contributed by atoms with van der Waals surface area (Å²) in [4.78, 5) is 11.0. The first kappa shape index (κ1) is 17.1. The van der Waals surface area contributed by atoms with E-state index in [1.54, 1.807) is 5.41 Å². The molecule has 0 fully saturated rings. The van der Waals surface area contributed by atoms with E-state index >= 15 is 0 Å². The second-order valence-corrected chi connectivity index (χ2v) is 6.66. The summed E-state index contributed by atoms with van der Waals surface area (Å²) < 4.78 is -0.518. The van der Waals surface area contributed by atoms with Crippen LogP contribution in [0.2, 0.25) is 0 Å². The van der Waals surface area contributed by atoms with Crippen molar-refractivity contribution in [1.29, 1.82) is 0 Å². The van der Waals surface area contributed by atoms with Crippen molar-refractivity contribution < 1.29 is 9.90 Å². The van der Waals surface area contributed by atoms with Crippen molar-refractivity contribution in [3.05, 3.63) is 119 Å². The Morgan fingerprint density at radius 3 is 1.40 bits per heavy atom. The Labute approximate surface area is 151 Å². The van der Waals surface area contributed by atoms with Gasteiger partial charge in [0.1, 0.15) is 0 Å². The fourth-order valence-corrected chi connectivity index (χ4v) is 4.12. The molecule has 124 valence electrons. The summed E-state index contributed by atoms with van der Waals surface area (Å²) in [5.41, 5.74) is 3.31. The number of rotatable bonds is 6. The fourth-order valence-electron chi connectivity index (χ4n) is 2.92. The molecule has 0 radical (unpaired) electrons. The van der Waals surface area contributed by atoms with Gasteiger partial charge in [0, 0.05) is 6.08 Å². The van der Waals surface area contributed by atoms with E-state index in [2.05, 4.69) is 36.4 Å². The molecular weight excluding hydrogens is 328 g/mol. The minimum atomic E-state index is -0.949. The maximum atomic E-state index is 11.0. The average Bonchev–Trinajstić information content (AvgIpc) is 2.67. The fraction of sp³-hybridized carbons (Fsp3) is 0.0455. The Morgan fingerprint density at radius 1 is 0.720 bits per heavy atom. The molecule has 0 aliphatic heterocycles. The molecule has 3 heteroatoms. The van der Waals surface area contributed by atoms with Gasteiger partial charge in [-0.15, -0.1) is 11.8 Å². The molecule has 0 unspecified atom stereocenters. The molecule has 1 N–H and O–H groups in total. The van der Waals surface area contributed by atoms with Crippen LogP contribution in [0.15, 0.2) is 102 Å². The molecule has 0 atom stereocenters. The highest BCUT2D eigenvalue weighted by molar-refractivity contribution is 8.03. The lowest BCUT2D eigenvalue weighted by Crippen LogP contribution is -2.24. The van der Waals surface area contributed by atoms with Crippen molar-refractivity contribution in [1.82, 2.24) is 0 Å². The number of benzene rings is 3. The molecule has 3 aromatic carbocycles. The Balaban J connectivity index is 2.25. The first-order chi connectivity index (χ1) is 12.2. The maximum Gasteiger partial charge on any atom is 0.328 e. The summed E-state index contributed by atoms with van der Waals surface area (Å²) in [7, 11) is 0. The van der Waals surface area contributed by atoms with Gasteiger partial charge in [0.2, 0.25) is 0 Å². The molecule has 0 aromatic heterocycles. The van der Waals surface area contributed by atoms with E-state index in [0.29, 0.717) is 0 Å². The standard InChI is InChI=1S/C22H18O2S/c23-21(24)16-17-25-22(18-10-4-1-5-11-18,19-12-6-2-7-13-19)20-14-8-3-9-15-20/h1-17H,(H,23,24). The molecule has 0 aliphatic carbocycles. The van der Waals surface area contributed by atoms with Crippen molar-refractivity contribution in [3.8, 4) is 0 Å². The molecule has 0 amide bonds. The van der Waals surface area contributed by atoms with Gasteiger partial charge in [-0.1, -0.05) is 91.0 Å². The predicted molar refractivity (Wildman–Crippen MR) is 104 cm³/mol. The van der Waals surface area contributed by atoms with Crippen LogP contribution in [0.1, 0.15) is 16.7 Å². The Morgan fingerprint density at radius 2 is 1.08 bits per heavy atom. The van der Waals surface area contributed by atoms with E-state index < -0.39 is 10.7 Å². The lowest BCUT2D eigenvalue weighted by molar-refractivity contribution is -0.131. The summed E-state index contributed by atoms with van der Waals surface area (Å²) in [6.45, 7) is 0. The number of hydrogen-bond donors (Lipinski definition) is 1. The van der Waals surface area contributed by atoms with Crippen molar-refractivity contribution in [2.24, 2.45) is 0 Å². The Hall–Kier alpha value is -2.78. The first-order valence-corrected chi connectivity index (χ1v) is 8.85. The lowest BCUT2D eigenvalue weighted by atomic mass is 9.84. The van der Waals surface area contributed by atoms with Crippen LogP contribution in [0.4, 0.5) is 0 Å². The number of carbonyl (C=O) groups is 1. The summed E-state index contributed by atoms with van der Waals surface area (Å²) in [6.07, 6.45) is 1.19. The second-order valence-electron chi connectivity index (χ2n) is 5.54. The van der Waals surface area contributed by atoms with E-state index in [1.165, 1.54) is 17.8 Å². The van der Waals surface area contributed by atoms with Crippen molar-refractivity contribution >= 4 is 17.7 Å². The van der Waals surface area contributed by atoms with Crippen molar-refractivity contribution in [3.63, 3.8) is 0 Å². The smallest absolute Gasteiger partial charge is 0.328 e. The van der Waals surface area contributed by atoms with Gasteiger partial charge in [-0.3, -0.25) is 0 Å². The first-order valence-electron chi connectivity index (χ1n) is 7.97. The minimum Gasteiger partial charge on any atom is -0.478 e. The highest BCUT2D eigenvalue weighted by Crippen LogP contribution is 2.48. The largest absolute Gasteiger partial charge is 0.478 e. The molecule has 2 nitrogen and oxygen atoms in total. The Bertz CT molecular complexity index is 746. The number of aliphatic carboxylic acids is 1. The molecule has 0 spiro atoms. The minimum absolute atomic E-state index is 0.518. The highest BCUT2D eigenvalue weighted by atomic mass is 32.2. The summed E-state index contributed by atoms with van der Waals surface area (Å²) in [5, 5.41) is 10.7. The number of thioether (sulfide) groups is 1. The molecule has 0 heterocycles. The zero-order valence-electron chi connectivity index (χ0n) is 13.6. The van der Waals surface area contributed by atoms with Crippen LogP contribution >= 0.6 is 11.8 Å². The van der Waals surface area contributed by atoms with E-state index in [0.717, 1.165) is 16.7 Å². The zero-order valence-corrected chi connectivity index (χ0v) is 14.4. The van der Waals surface area contributed by atoms with E-state index in [1.807, 2.05) is 54.6 Å². The summed E-state index contributed by atoms with van der Waals surface area (Å²) in [6, 6.07) is 30.5. The third-order valence-corrected chi connectivity index (χ3v) is 5.33. The molecule has 0 saturated carbocycles. The van der Waals surface area contributed by atoms with E-state index in [4.69, 9.17) is 5.11 Å². The summed E-state index contributed by atoms with van der Waals surface area (Å²) in [5.74, 6) is -0.949. The quantitative estimate of drug-likeness (QED) is 0.485. The second kappa shape index (κ2) is 7.86. The highest BCUT2D eigenvalue weighted by Gasteiger charge is 2.36. The number of hydrogen-bond acceptors (Lipinski definition) is 2. The molecule has 3 aromatic rings. The van der Waals surface area contributed by atoms with Gasteiger partial charge in [-0.2, -0.15) is 0 Å². The maximum absolute atomic E-state index is 11.0. The summed E-state index contributed by atoms with van der Waals surface area (Å²) >= 11 is 1.50. The van der Waals surface area contributed by atoms with Gasteiger partial charge in [0.05, 0.1) is 4.75 Å². The normalized spacial score (nSPS) is 11.5. The topological polar surface area (TPSA) is 37.3 Å². The van der Waals surface area contributed by atoms with Gasteiger partial charge >= 0.3 is 5.97 Å². The third kappa shape index (κ3) is 3.67.